The summed E-state index contributed by atoms with van der Waals surface area (Å²) in [6.07, 6.45) is 0.642. The number of halogens is 2. The first kappa shape index (κ1) is 17.5. The number of ether oxygens (including phenoxy) is 1. The normalized spacial score (nSPS) is 16.4. The maximum Gasteiger partial charge on any atom is 0.387 e. The van der Waals surface area contributed by atoms with Crippen molar-refractivity contribution in [1.82, 2.24) is 14.5 Å². The van der Waals surface area contributed by atoms with E-state index in [1.807, 2.05) is 32.0 Å². The molecule has 27 heavy (non-hydrogen) atoms. The first-order valence-corrected chi connectivity index (χ1v) is 8.76. The van der Waals surface area contributed by atoms with Crippen molar-refractivity contribution in [3.63, 3.8) is 0 Å². The first-order chi connectivity index (χ1) is 12.9. The van der Waals surface area contributed by atoms with E-state index in [1.165, 1.54) is 6.07 Å². The minimum absolute atomic E-state index is 0.0388. The topological polar surface area (TPSA) is 47.4 Å². The molecule has 1 atom stereocenters. The predicted octanol–water partition coefficient (Wildman–Crippen LogP) is 4.47. The molecule has 0 fully saturated rings. The van der Waals surface area contributed by atoms with E-state index in [4.69, 9.17) is 9.72 Å². The number of para-hydroxylation sites is 1. The lowest BCUT2D eigenvalue weighted by Gasteiger charge is -2.24. The van der Waals surface area contributed by atoms with E-state index < -0.39 is 6.61 Å². The van der Waals surface area contributed by atoms with Crippen molar-refractivity contribution < 1.29 is 18.3 Å². The van der Waals surface area contributed by atoms with Crippen LogP contribution in [0.4, 0.5) is 8.78 Å². The number of benzene rings is 2. The molecule has 0 aliphatic carbocycles. The Morgan fingerprint density at radius 2 is 2.04 bits per heavy atom. The van der Waals surface area contributed by atoms with Gasteiger partial charge in [-0.05, 0) is 43.2 Å². The molecule has 0 N–H and O–H groups in total. The van der Waals surface area contributed by atoms with Crippen LogP contribution in [0.25, 0.3) is 16.7 Å². The number of alkyl halides is 2. The molecule has 0 saturated heterocycles. The number of aromatic nitrogens is 2. The van der Waals surface area contributed by atoms with E-state index >= 15 is 0 Å². The van der Waals surface area contributed by atoms with Crippen LogP contribution in [-0.4, -0.2) is 34.0 Å². The molecule has 4 rings (SSSR count). The number of hydrogen-bond acceptors (Lipinski definition) is 3. The third-order valence-corrected chi connectivity index (χ3v) is 4.98. The second-order valence-electron chi connectivity index (χ2n) is 6.67. The largest absolute Gasteiger partial charge is 0.433 e. The quantitative estimate of drug-likeness (QED) is 0.682. The third-order valence-electron chi connectivity index (χ3n) is 4.98. The maximum absolute atomic E-state index is 13.1. The Kier molecular flexibility index (Phi) is 4.09. The number of imidazole rings is 1. The Labute approximate surface area is 155 Å². The fraction of sp³-hybridized carbons (Fsp3) is 0.300. The Morgan fingerprint density at radius 3 is 2.74 bits per heavy atom. The van der Waals surface area contributed by atoms with Gasteiger partial charge in [-0.2, -0.15) is 8.78 Å². The number of nitrogens with zero attached hydrogens (tertiary/aromatic N) is 3. The lowest BCUT2D eigenvalue weighted by atomic mass is 10.1. The molecule has 5 nitrogen and oxygen atoms in total. The van der Waals surface area contributed by atoms with Gasteiger partial charge in [-0.3, -0.25) is 9.36 Å². The summed E-state index contributed by atoms with van der Waals surface area (Å²) in [7, 11) is 1.71. The zero-order valence-electron chi connectivity index (χ0n) is 15.2. The number of aryl methyl sites for hydroxylation is 1. The van der Waals surface area contributed by atoms with Gasteiger partial charge >= 0.3 is 6.61 Å². The van der Waals surface area contributed by atoms with Crippen molar-refractivity contribution in [2.24, 2.45) is 0 Å². The zero-order valence-corrected chi connectivity index (χ0v) is 15.2. The molecule has 0 unspecified atom stereocenters. The SMILES string of the molecule is CC[C@@H]1c2nc3ccc(C)cc3n2-c2c(OC(F)F)cccc2C(=O)N1C. The number of hydrogen-bond donors (Lipinski definition) is 0. The number of rotatable bonds is 3. The molecule has 2 aromatic carbocycles. The summed E-state index contributed by atoms with van der Waals surface area (Å²) >= 11 is 0. The number of amides is 1. The fourth-order valence-corrected chi connectivity index (χ4v) is 3.74. The van der Waals surface area contributed by atoms with Crippen LogP contribution >= 0.6 is 0 Å². The third kappa shape index (κ3) is 2.65. The van der Waals surface area contributed by atoms with Gasteiger partial charge in [0.2, 0.25) is 0 Å². The van der Waals surface area contributed by atoms with Gasteiger partial charge in [-0.25, -0.2) is 4.98 Å². The highest BCUT2D eigenvalue weighted by molar-refractivity contribution is 6.00. The van der Waals surface area contributed by atoms with Gasteiger partial charge in [0, 0.05) is 7.05 Å². The molecule has 1 aliphatic heterocycles. The van der Waals surface area contributed by atoms with E-state index in [1.54, 1.807) is 28.6 Å². The average molecular weight is 371 g/mol. The summed E-state index contributed by atoms with van der Waals surface area (Å²) in [5, 5.41) is 0. The van der Waals surface area contributed by atoms with Gasteiger partial charge in [0.25, 0.3) is 5.91 Å². The summed E-state index contributed by atoms with van der Waals surface area (Å²) < 4.78 is 32.7. The molecule has 1 aromatic heterocycles. The van der Waals surface area contributed by atoms with Gasteiger partial charge in [-0.15, -0.1) is 0 Å². The van der Waals surface area contributed by atoms with Crippen molar-refractivity contribution in [2.75, 3.05) is 7.05 Å². The second-order valence-corrected chi connectivity index (χ2v) is 6.67. The van der Waals surface area contributed by atoms with E-state index in [9.17, 15) is 13.6 Å². The Hall–Kier alpha value is -2.96. The monoisotopic (exact) mass is 371 g/mol. The van der Waals surface area contributed by atoms with Gasteiger partial charge in [0.1, 0.15) is 11.5 Å². The van der Waals surface area contributed by atoms with Crippen molar-refractivity contribution in [2.45, 2.75) is 32.9 Å². The Bertz CT molecular complexity index is 1050. The molecule has 3 aromatic rings. The van der Waals surface area contributed by atoms with Crippen LogP contribution in [0, 0.1) is 6.92 Å². The summed E-state index contributed by atoms with van der Waals surface area (Å²) in [6, 6.07) is 10.2. The predicted molar refractivity (Wildman–Crippen MR) is 97.6 cm³/mol. The molecule has 0 radical (unpaired) electrons. The standard InChI is InChI=1S/C20H19F2N3O2/c1-4-14-18-23-13-9-8-11(2)10-15(13)25(18)17-12(19(26)24(14)3)6-5-7-16(17)27-20(21)22/h5-10,14,20H,4H2,1-3H3/t14-/m1/s1. The summed E-state index contributed by atoms with van der Waals surface area (Å²) in [5.41, 5.74) is 3.14. The van der Waals surface area contributed by atoms with Crippen LogP contribution in [0.1, 0.15) is 41.1 Å². The highest BCUT2D eigenvalue weighted by atomic mass is 19.3. The Balaban J connectivity index is 2.14. The van der Waals surface area contributed by atoms with Crippen molar-refractivity contribution in [3.8, 4) is 11.4 Å². The second kappa shape index (κ2) is 6.33. The van der Waals surface area contributed by atoms with Gasteiger partial charge in [-0.1, -0.05) is 19.1 Å². The molecular weight excluding hydrogens is 352 g/mol. The lowest BCUT2D eigenvalue weighted by molar-refractivity contribution is -0.0498. The zero-order chi connectivity index (χ0) is 19.3. The molecule has 1 amide bonds. The number of carbonyl (C=O) groups excluding carboxylic acids is 1. The van der Waals surface area contributed by atoms with E-state index in [2.05, 4.69) is 0 Å². The molecule has 1 aliphatic rings. The van der Waals surface area contributed by atoms with E-state index in [0.29, 0.717) is 23.5 Å². The average Bonchev–Trinajstić information content (AvgIpc) is 2.95. The van der Waals surface area contributed by atoms with Crippen LogP contribution in [0.5, 0.6) is 5.75 Å². The van der Waals surface area contributed by atoms with E-state index in [0.717, 1.165) is 16.6 Å². The van der Waals surface area contributed by atoms with Gasteiger partial charge in [0.15, 0.2) is 5.75 Å². The van der Waals surface area contributed by atoms with Crippen molar-refractivity contribution in [1.29, 1.82) is 0 Å². The molecule has 7 heteroatoms. The molecular formula is C20H19F2N3O2. The maximum atomic E-state index is 13.1. The fourth-order valence-electron chi connectivity index (χ4n) is 3.74. The van der Waals surface area contributed by atoms with Crippen LogP contribution in [0.15, 0.2) is 36.4 Å². The molecule has 140 valence electrons. The molecule has 2 heterocycles. The summed E-state index contributed by atoms with van der Waals surface area (Å²) in [5.74, 6) is 0.351. The minimum Gasteiger partial charge on any atom is -0.433 e. The highest BCUT2D eigenvalue weighted by Gasteiger charge is 2.35. The van der Waals surface area contributed by atoms with Crippen molar-refractivity contribution in [3.05, 3.63) is 53.3 Å². The van der Waals surface area contributed by atoms with Crippen LogP contribution in [0.3, 0.4) is 0 Å². The van der Waals surface area contributed by atoms with Crippen LogP contribution < -0.4 is 4.74 Å². The van der Waals surface area contributed by atoms with E-state index in [-0.39, 0.29) is 17.7 Å². The smallest absolute Gasteiger partial charge is 0.387 e. The lowest BCUT2D eigenvalue weighted by Crippen LogP contribution is -2.30. The summed E-state index contributed by atoms with van der Waals surface area (Å²) in [6.45, 7) is 0.929. The van der Waals surface area contributed by atoms with Gasteiger partial charge in [0.05, 0.1) is 22.6 Å². The van der Waals surface area contributed by atoms with Crippen LogP contribution in [-0.2, 0) is 0 Å². The highest BCUT2D eigenvalue weighted by Crippen LogP contribution is 2.40. The van der Waals surface area contributed by atoms with Gasteiger partial charge < -0.3 is 9.64 Å². The first-order valence-electron chi connectivity index (χ1n) is 8.76. The number of fused-ring (bicyclic) bond motifs is 5. The molecule has 0 saturated carbocycles. The minimum atomic E-state index is -2.99. The Morgan fingerprint density at radius 1 is 1.26 bits per heavy atom. The number of carbonyl (C=O) groups is 1. The van der Waals surface area contributed by atoms with Crippen LogP contribution in [0.2, 0.25) is 0 Å². The molecule has 0 bridgehead atoms. The summed E-state index contributed by atoms with van der Waals surface area (Å²) in [4.78, 5) is 19.4. The van der Waals surface area contributed by atoms with Crippen molar-refractivity contribution >= 4 is 16.9 Å². The molecule has 0 spiro atoms.